The Morgan fingerprint density at radius 2 is 1.69 bits per heavy atom. The molecule has 1 aliphatic heterocycles. The van der Waals surface area contributed by atoms with Crippen LogP contribution >= 0.6 is 0 Å². The quantitative estimate of drug-likeness (QED) is 0.420. The van der Waals surface area contributed by atoms with Crippen LogP contribution in [-0.2, 0) is 11.3 Å². The van der Waals surface area contributed by atoms with E-state index in [0.29, 0.717) is 23.4 Å². The number of aromatic nitrogens is 1. The molecular formula is C27H20N4O. The summed E-state index contributed by atoms with van der Waals surface area (Å²) in [5, 5.41) is 16.4. The number of nitriles is 1. The van der Waals surface area contributed by atoms with E-state index in [4.69, 9.17) is 0 Å². The summed E-state index contributed by atoms with van der Waals surface area (Å²) in [7, 11) is 0. The molecule has 0 N–H and O–H groups in total. The highest BCUT2D eigenvalue weighted by molar-refractivity contribution is 6.32. The zero-order valence-electron chi connectivity index (χ0n) is 17.6. The summed E-state index contributed by atoms with van der Waals surface area (Å²) in [4.78, 5) is 13.1. The molecule has 5 rings (SSSR count). The fourth-order valence-corrected chi connectivity index (χ4v) is 4.06. The van der Waals surface area contributed by atoms with E-state index in [-0.39, 0.29) is 5.91 Å². The smallest absolute Gasteiger partial charge is 0.280 e. The van der Waals surface area contributed by atoms with E-state index >= 15 is 0 Å². The van der Waals surface area contributed by atoms with E-state index < -0.39 is 0 Å². The number of benzene rings is 3. The predicted octanol–water partition coefficient (Wildman–Crippen LogP) is 5.37. The van der Waals surface area contributed by atoms with Crippen LogP contribution in [0.5, 0.6) is 0 Å². The molecule has 1 aliphatic rings. The summed E-state index contributed by atoms with van der Waals surface area (Å²) in [6.45, 7) is 2.43. The van der Waals surface area contributed by atoms with Crippen LogP contribution in [0.1, 0.15) is 23.6 Å². The van der Waals surface area contributed by atoms with Crippen molar-refractivity contribution in [2.75, 3.05) is 5.01 Å². The van der Waals surface area contributed by atoms with Gasteiger partial charge in [-0.3, -0.25) is 4.79 Å². The highest BCUT2D eigenvalue weighted by Gasteiger charge is 2.28. The summed E-state index contributed by atoms with van der Waals surface area (Å²) in [5.74, 6) is -0.139. The highest BCUT2D eigenvalue weighted by Crippen LogP contribution is 2.29. The summed E-state index contributed by atoms with van der Waals surface area (Å²) < 4.78 is 2.12. The van der Waals surface area contributed by atoms with Crippen LogP contribution in [0.15, 0.2) is 95.7 Å². The van der Waals surface area contributed by atoms with Crippen LogP contribution in [0.2, 0.25) is 0 Å². The number of carbonyl (C=O) groups is 1. The van der Waals surface area contributed by atoms with E-state index in [1.54, 1.807) is 0 Å². The molecule has 5 nitrogen and oxygen atoms in total. The Labute approximate surface area is 186 Å². The third-order valence-corrected chi connectivity index (χ3v) is 5.66. The number of hydrazone groups is 1. The maximum Gasteiger partial charge on any atom is 0.280 e. The first-order valence-electron chi connectivity index (χ1n) is 10.4. The number of fused-ring (bicyclic) bond motifs is 1. The van der Waals surface area contributed by atoms with E-state index in [1.165, 1.54) is 5.01 Å². The van der Waals surface area contributed by atoms with Gasteiger partial charge in [-0.25, -0.2) is 0 Å². The number of anilines is 1. The minimum Gasteiger partial charge on any atom is -0.342 e. The number of para-hydroxylation sites is 2. The SMILES string of the molecule is CC1=NN(c2ccccc2)C(=O)/C1=C/c1cn(Cc2ccccc2C#N)c2ccccc12. The molecule has 0 aliphatic carbocycles. The highest BCUT2D eigenvalue weighted by atomic mass is 16.2. The molecule has 0 atom stereocenters. The Morgan fingerprint density at radius 1 is 0.969 bits per heavy atom. The Bertz CT molecular complexity index is 1440. The number of nitrogens with zero attached hydrogens (tertiary/aromatic N) is 4. The van der Waals surface area contributed by atoms with Gasteiger partial charge in [-0.05, 0) is 42.8 Å². The van der Waals surface area contributed by atoms with Crippen molar-refractivity contribution in [2.24, 2.45) is 5.10 Å². The molecule has 0 radical (unpaired) electrons. The molecule has 0 spiro atoms. The van der Waals surface area contributed by atoms with Crippen molar-refractivity contribution in [3.8, 4) is 6.07 Å². The van der Waals surface area contributed by atoms with Gasteiger partial charge in [0.15, 0.2) is 0 Å². The molecule has 0 saturated carbocycles. The minimum absolute atomic E-state index is 0.139. The van der Waals surface area contributed by atoms with Gasteiger partial charge in [-0.15, -0.1) is 0 Å². The first-order chi connectivity index (χ1) is 15.7. The number of carbonyl (C=O) groups excluding carboxylic acids is 1. The third-order valence-electron chi connectivity index (χ3n) is 5.66. The van der Waals surface area contributed by atoms with Crippen LogP contribution in [0.4, 0.5) is 5.69 Å². The molecule has 2 heterocycles. The lowest BCUT2D eigenvalue weighted by molar-refractivity contribution is -0.114. The Kier molecular flexibility index (Phi) is 4.89. The van der Waals surface area contributed by atoms with Crippen molar-refractivity contribution >= 4 is 34.3 Å². The number of hydrogen-bond acceptors (Lipinski definition) is 3. The molecule has 1 amide bonds. The van der Waals surface area contributed by atoms with Crippen molar-refractivity contribution in [3.63, 3.8) is 0 Å². The van der Waals surface area contributed by atoms with Crippen molar-refractivity contribution in [1.29, 1.82) is 5.26 Å². The molecule has 0 saturated heterocycles. The molecule has 5 heteroatoms. The number of amides is 1. The molecule has 0 unspecified atom stereocenters. The zero-order valence-corrected chi connectivity index (χ0v) is 17.6. The second kappa shape index (κ2) is 8.01. The number of rotatable bonds is 4. The van der Waals surface area contributed by atoms with Gasteiger partial charge in [-0.1, -0.05) is 54.6 Å². The third kappa shape index (κ3) is 3.38. The van der Waals surface area contributed by atoms with Crippen LogP contribution in [0, 0.1) is 11.3 Å². The molecule has 1 aromatic heterocycles. The molecule has 0 bridgehead atoms. The molecule has 154 valence electrons. The lowest BCUT2D eigenvalue weighted by Crippen LogP contribution is -2.21. The number of hydrogen-bond donors (Lipinski definition) is 0. The fraction of sp³-hybridized carbons (Fsp3) is 0.0741. The van der Waals surface area contributed by atoms with Crippen molar-refractivity contribution < 1.29 is 4.79 Å². The second-order valence-electron chi connectivity index (χ2n) is 7.69. The topological polar surface area (TPSA) is 61.4 Å². The van der Waals surface area contributed by atoms with Crippen LogP contribution in [-0.4, -0.2) is 16.2 Å². The first kappa shape index (κ1) is 19.5. The largest absolute Gasteiger partial charge is 0.342 e. The van der Waals surface area contributed by atoms with Gasteiger partial charge in [0.05, 0.1) is 28.6 Å². The summed E-state index contributed by atoms with van der Waals surface area (Å²) in [6, 6.07) is 27.4. The van der Waals surface area contributed by atoms with Gasteiger partial charge in [0.1, 0.15) is 0 Å². The Morgan fingerprint density at radius 3 is 2.50 bits per heavy atom. The van der Waals surface area contributed by atoms with Crippen molar-refractivity contribution in [2.45, 2.75) is 13.5 Å². The maximum atomic E-state index is 13.1. The van der Waals surface area contributed by atoms with Gasteiger partial charge >= 0.3 is 0 Å². The molecule has 32 heavy (non-hydrogen) atoms. The average Bonchev–Trinajstić information content (AvgIpc) is 3.32. The molecule has 0 fully saturated rings. The van der Waals surface area contributed by atoms with Crippen LogP contribution in [0.3, 0.4) is 0 Å². The normalized spacial score (nSPS) is 14.8. The zero-order chi connectivity index (χ0) is 22.1. The summed E-state index contributed by atoms with van der Waals surface area (Å²) in [5.41, 5.74) is 5.63. The van der Waals surface area contributed by atoms with Gasteiger partial charge in [-0.2, -0.15) is 15.4 Å². The van der Waals surface area contributed by atoms with E-state index in [2.05, 4.69) is 27.9 Å². The van der Waals surface area contributed by atoms with E-state index in [1.807, 2.05) is 85.9 Å². The molecular weight excluding hydrogens is 396 g/mol. The fourth-order valence-electron chi connectivity index (χ4n) is 4.06. The monoisotopic (exact) mass is 416 g/mol. The lowest BCUT2D eigenvalue weighted by atomic mass is 10.1. The van der Waals surface area contributed by atoms with Crippen molar-refractivity contribution in [3.05, 3.63) is 107 Å². The average molecular weight is 416 g/mol. The molecule has 4 aromatic rings. The summed E-state index contributed by atoms with van der Waals surface area (Å²) >= 11 is 0. The second-order valence-corrected chi connectivity index (χ2v) is 7.69. The van der Waals surface area contributed by atoms with E-state index in [9.17, 15) is 10.1 Å². The van der Waals surface area contributed by atoms with Crippen LogP contribution in [0.25, 0.3) is 17.0 Å². The Balaban J connectivity index is 1.56. The lowest BCUT2D eigenvalue weighted by Gasteiger charge is -2.10. The van der Waals surface area contributed by atoms with Gasteiger partial charge < -0.3 is 4.57 Å². The first-order valence-corrected chi connectivity index (χ1v) is 10.4. The molecule has 3 aromatic carbocycles. The van der Waals surface area contributed by atoms with Crippen LogP contribution < -0.4 is 5.01 Å². The van der Waals surface area contributed by atoms with Gasteiger partial charge in [0.25, 0.3) is 5.91 Å². The van der Waals surface area contributed by atoms with Gasteiger partial charge in [0.2, 0.25) is 0 Å². The van der Waals surface area contributed by atoms with Gasteiger partial charge in [0, 0.05) is 29.2 Å². The van der Waals surface area contributed by atoms with Crippen molar-refractivity contribution in [1.82, 2.24) is 4.57 Å². The standard InChI is InChI=1S/C27H20N4O/c1-19-25(27(32)31(29-19)23-11-3-2-4-12-23)15-22-18-30(26-14-8-7-13-24(22)26)17-21-10-6-5-9-20(21)16-28/h2-15,18H,17H2,1H3/b25-15+. The Hall–Kier alpha value is -4.43. The van der Waals surface area contributed by atoms with E-state index in [0.717, 1.165) is 27.7 Å². The predicted molar refractivity (Wildman–Crippen MR) is 127 cm³/mol. The minimum atomic E-state index is -0.139. The maximum absolute atomic E-state index is 13.1. The summed E-state index contributed by atoms with van der Waals surface area (Å²) in [6.07, 6.45) is 3.96.